The van der Waals surface area contributed by atoms with Crippen LogP contribution in [0.25, 0.3) is 0 Å². The van der Waals surface area contributed by atoms with Crippen LogP contribution in [0.3, 0.4) is 0 Å². The Kier molecular flexibility index (Phi) is 6.12. The molecule has 1 amide bonds. The Hall–Kier alpha value is -2.83. The predicted molar refractivity (Wildman–Crippen MR) is 114 cm³/mol. The minimum atomic E-state index is 0.0450. The lowest BCUT2D eigenvalue weighted by Gasteiger charge is -2.36. The number of hydrogen-bond donors (Lipinski definition) is 1. The fourth-order valence-corrected chi connectivity index (χ4v) is 4.13. The van der Waals surface area contributed by atoms with Crippen LogP contribution in [0.1, 0.15) is 32.1 Å². The van der Waals surface area contributed by atoms with Gasteiger partial charge < -0.3 is 19.9 Å². The van der Waals surface area contributed by atoms with Gasteiger partial charge in [-0.1, -0.05) is 0 Å². The van der Waals surface area contributed by atoms with Crippen molar-refractivity contribution in [1.29, 1.82) is 0 Å². The zero-order valence-corrected chi connectivity index (χ0v) is 17.0. The maximum Gasteiger partial charge on any atom is 0.227 e. The Bertz CT molecular complexity index is 820. The number of aromatic nitrogens is 2. The van der Waals surface area contributed by atoms with Crippen molar-refractivity contribution in [3.8, 4) is 5.75 Å². The first-order valence-corrected chi connectivity index (χ1v) is 10.5. The van der Waals surface area contributed by atoms with Gasteiger partial charge in [-0.2, -0.15) is 4.98 Å². The third-order valence-electron chi connectivity index (χ3n) is 5.73. The second-order valence-electron chi connectivity index (χ2n) is 7.77. The molecule has 2 aliphatic rings. The molecular weight excluding hydrogens is 366 g/mol. The fourth-order valence-electron chi connectivity index (χ4n) is 4.13. The largest absolute Gasteiger partial charge is 0.497 e. The molecule has 1 aromatic heterocycles. The number of likely N-dealkylation sites (tertiary alicyclic amines) is 1. The number of nitrogens with one attached hydrogen (secondary N) is 1. The zero-order valence-electron chi connectivity index (χ0n) is 17.0. The van der Waals surface area contributed by atoms with Crippen molar-refractivity contribution >= 4 is 23.4 Å². The molecule has 0 bridgehead atoms. The molecule has 7 heteroatoms. The molecule has 2 aliphatic heterocycles. The number of carbonyl (C=O) groups excluding carboxylic acids is 1. The number of nitrogens with zero attached hydrogens (tertiary/aromatic N) is 4. The molecule has 154 valence electrons. The van der Waals surface area contributed by atoms with Gasteiger partial charge in [0.15, 0.2) is 0 Å². The summed E-state index contributed by atoms with van der Waals surface area (Å²) in [6.07, 6.45) is 7.21. The van der Waals surface area contributed by atoms with E-state index in [4.69, 9.17) is 4.74 Å². The van der Waals surface area contributed by atoms with Gasteiger partial charge in [-0.25, -0.2) is 4.98 Å². The van der Waals surface area contributed by atoms with Gasteiger partial charge in [0, 0.05) is 38.1 Å². The van der Waals surface area contributed by atoms with Crippen LogP contribution in [0.2, 0.25) is 0 Å². The average molecular weight is 396 g/mol. The highest BCUT2D eigenvalue weighted by molar-refractivity contribution is 5.79. The number of hydrogen-bond acceptors (Lipinski definition) is 6. The molecule has 0 spiro atoms. The topological polar surface area (TPSA) is 70.6 Å². The van der Waals surface area contributed by atoms with Crippen LogP contribution in [0.5, 0.6) is 5.75 Å². The highest BCUT2D eigenvalue weighted by atomic mass is 16.5. The maximum absolute atomic E-state index is 12.9. The van der Waals surface area contributed by atoms with Crippen molar-refractivity contribution in [3.05, 3.63) is 36.5 Å². The van der Waals surface area contributed by atoms with E-state index in [1.54, 1.807) is 13.3 Å². The minimum Gasteiger partial charge on any atom is -0.497 e. The van der Waals surface area contributed by atoms with E-state index >= 15 is 0 Å². The number of ether oxygens (including phenoxy) is 1. The normalized spacial score (nSPS) is 19.7. The van der Waals surface area contributed by atoms with Gasteiger partial charge >= 0.3 is 0 Å². The molecule has 1 unspecified atom stereocenters. The summed E-state index contributed by atoms with van der Waals surface area (Å²) in [6, 6.07) is 9.58. The Morgan fingerprint density at radius 2 is 1.86 bits per heavy atom. The third-order valence-corrected chi connectivity index (χ3v) is 5.73. The number of methoxy groups -OCH3 is 1. The van der Waals surface area contributed by atoms with Crippen LogP contribution in [0.15, 0.2) is 36.5 Å². The molecule has 2 fully saturated rings. The molecule has 2 saturated heterocycles. The maximum atomic E-state index is 12.9. The van der Waals surface area contributed by atoms with E-state index in [9.17, 15) is 4.79 Å². The molecule has 0 saturated carbocycles. The van der Waals surface area contributed by atoms with Crippen LogP contribution in [0.4, 0.5) is 17.5 Å². The molecule has 1 aromatic carbocycles. The summed E-state index contributed by atoms with van der Waals surface area (Å²) in [5.41, 5.74) is 0.937. The second-order valence-corrected chi connectivity index (χ2v) is 7.77. The Morgan fingerprint density at radius 1 is 1.07 bits per heavy atom. The first kappa shape index (κ1) is 19.5. The van der Waals surface area contributed by atoms with Crippen LogP contribution in [0, 0.1) is 5.92 Å². The molecule has 3 heterocycles. The van der Waals surface area contributed by atoms with Gasteiger partial charge in [-0.05, 0) is 62.4 Å². The number of carbonyl (C=O) groups is 1. The molecule has 29 heavy (non-hydrogen) atoms. The van der Waals surface area contributed by atoms with E-state index in [1.165, 1.54) is 6.42 Å². The number of amides is 1. The smallest absolute Gasteiger partial charge is 0.227 e. The summed E-state index contributed by atoms with van der Waals surface area (Å²) >= 11 is 0. The number of rotatable bonds is 5. The third kappa shape index (κ3) is 4.78. The number of piperidine rings is 2. The lowest BCUT2D eigenvalue weighted by Crippen LogP contribution is -2.46. The molecular formula is C22H29N5O2. The summed E-state index contributed by atoms with van der Waals surface area (Å²) in [4.78, 5) is 26.3. The van der Waals surface area contributed by atoms with E-state index in [2.05, 4.69) is 25.1 Å². The van der Waals surface area contributed by atoms with Crippen molar-refractivity contribution in [3.63, 3.8) is 0 Å². The van der Waals surface area contributed by atoms with E-state index < -0.39 is 0 Å². The first-order valence-electron chi connectivity index (χ1n) is 10.5. The predicted octanol–water partition coefficient (Wildman–Crippen LogP) is 3.46. The SMILES string of the molecule is COc1ccc(Nc2ccnc(N3CCCC(C(=O)N4CCCCC4)C3)n2)cc1. The van der Waals surface area contributed by atoms with E-state index in [0.717, 1.165) is 62.6 Å². The van der Waals surface area contributed by atoms with Gasteiger partial charge in [-0.3, -0.25) is 4.79 Å². The van der Waals surface area contributed by atoms with Gasteiger partial charge in [0.1, 0.15) is 11.6 Å². The Labute approximate surface area is 172 Å². The standard InChI is InChI=1S/C22H29N5O2/c1-29-19-9-7-18(8-10-19)24-20-11-12-23-22(25-20)27-15-5-6-17(16-27)21(28)26-13-3-2-4-14-26/h7-12,17H,2-6,13-16H2,1H3,(H,23,24,25). The van der Waals surface area contributed by atoms with Crippen molar-refractivity contribution in [2.24, 2.45) is 5.92 Å². The zero-order chi connectivity index (χ0) is 20.1. The van der Waals surface area contributed by atoms with Gasteiger partial charge in [0.05, 0.1) is 13.0 Å². The van der Waals surface area contributed by atoms with Crippen molar-refractivity contribution in [2.45, 2.75) is 32.1 Å². The summed E-state index contributed by atoms with van der Waals surface area (Å²) in [7, 11) is 1.65. The highest BCUT2D eigenvalue weighted by Crippen LogP contribution is 2.25. The molecule has 1 atom stereocenters. The number of anilines is 3. The van der Waals surface area contributed by atoms with Crippen LogP contribution >= 0.6 is 0 Å². The fraction of sp³-hybridized carbons (Fsp3) is 0.500. The van der Waals surface area contributed by atoms with Gasteiger partial charge in [0.25, 0.3) is 0 Å². The molecule has 0 radical (unpaired) electrons. The lowest BCUT2D eigenvalue weighted by molar-refractivity contribution is -0.136. The summed E-state index contributed by atoms with van der Waals surface area (Å²) < 4.78 is 5.20. The Balaban J connectivity index is 1.42. The molecule has 4 rings (SSSR count). The molecule has 7 nitrogen and oxygen atoms in total. The van der Waals surface area contributed by atoms with Crippen molar-refractivity contribution < 1.29 is 9.53 Å². The second kappa shape index (κ2) is 9.11. The van der Waals surface area contributed by atoms with Crippen LogP contribution < -0.4 is 15.0 Å². The molecule has 2 aromatic rings. The van der Waals surface area contributed by atoms with Gasteiger partial charge in [-0.15, -0.1) is 0 Å². The van der Waals surface area contributed by atoms with Crippen LogP contribution in [-0.2, 0) is 4.79 Å². The first-order chi connectivity index (χ1) is 14.2. The monoisotopic (exact) mass is 395 g/mol. The highest BCUT2D eigenvalue weighted by Gasteiger charge is 2.30. The van der Waals surface area contributed by atoms with E-state index in [-0.39, 0.29) is 5.92 Å². The molecule has 0 aliphatic carbocycles. The average Bonchev–Trinajstić information content (AvgIpc) is 2.80. The van der Waals surface area contributed by atoms with E-state index in [0.29, 0.717) is 18.4 Å². The minimum absolute atomic E-state index is 0.0450. The van der Waals surface area contributed by atoms with E-state index in [1.807, 2.05) is 30.3 Å². The number of benzene rings is 1. The quantitative estimate of drug-likeness (QED) is 0.836. The summed E-state index contributed by atoms with van der Waals surface area (Å²) in [5.74, 6) is 2.59. The molecule has 1 N–H and O–H groups in total. The van der Waals surface area contributed by atoms with Gasteiger partial charge in [0.2, 0.25) is 11.9 Å². The van der Waals surface area contributed by atoms with Crippen LogP contribution in [-0.4, -0.2) is 54.1 Å². The summed E-state index contributed by atoms with van der Waals surface area (Å²) in [6.45, 7) is 3.40. The summed E-state index contributed by atoms with van der Waals surface area (Å²) in [5, 5.41) is 3.31. The van der Waals surface area contributed by atoms with Crippen molar-refractivity contribution in [1.82, 2.24) is 14.9 Å². The lowest BCUT2D eigenvalue weighted by atomic mass is 9.95. The van der Waals surface area contributed by atoms with Crippen molar-refractivity contribution in [2.75, 3.05) is 43.5 Å². The Morgan fingerprint density at radius 3 is 2.62 bits per heavy atom.